The Morgan fingerprint density at radius 2 is 1.24 bits per heavy atom. The Bertz CT molecular complexity index is 1650. The smallest absolute Gasteiger partial charge is 0.135 e. The average Bonchev–Trinajstić information content (AvgIpc) is 3.12. The van der Waals surface area contributed by atoms with Crippen molar-refractivity contribution in [2.45, 2.75) is 58.5 Å². The first-order valence-corrected chi connectivity index (χ1v) is 19.2. The van der Waals surface area contributed by atoms with Gasteiger partial charge in [-0.2, -0.15) is 0 Å². The second kappa shape index (κ2) is 6.67. The first-order chi connectivity index (χ1) is 15.9. The van der Waals surface area contributed by atoms with Crippen LogP contribution in [-0.2, 0) is 5.41 Å². The maximum Gasteiger partial charge on any atom is 0.135 e. The number of nitrogens with zero attached hydrogens (tertiary/aromatic N) is 2. The third-order valence-electron chi connectivity index (χ3n) is 7.48. The lowest BCUT2D eigenvalue weighted by atomic mass is 9.79. The lowest BCUT2D eigenvalue weighted by Gasteiger charge is -2.27. The topological polar surface area (TPSA) is 38.9 Å². The van der Waals surface area contributed by atoms with Crippen LogP contribution in [0.3, 0.4) is 0 Å². The molecule has 1 aliphatic carbocycles. The number of aromatic nitrogens is 2. The number of benzene rings is 3. The van der Waals surface area contributed by atoms with Crippen LogP contribution in [0.1, 0.15) is 25.1 Å². The van der Waals surface area contributed by atoms with Crippen molar-refractivity contribution in [2.24, 2.45) is 0 Å². The third kappa shape index (κ3) is 2.86. The van der Waals surface area contributed by atoms with Gasteiger partial charge in [0.25, 0.3) is 0 Å². The summed E-state index contributed by atoms with van der Waals surface area (Å²) in [6, 6.07) is 17.5. The summed E-state index contributed by atoms with van der Waals surface area (Å²) in [5.41, 5.74) is 8.22. The highest BCUT2D eigenvalue weighted by Crippen LogP contribution is 2.48. The summed E-state index contributed by atoms with van der Waals surface area (Å²) in [6.45, 7) is 19.0. The lowest BCUT2D eigenvalue weighted by molar-refractivity contribution is 0.623. The fourth-order valence-electron chi connectivity index (χ4n) is 5.63. The second-order valence-electron chi connectivity index (χ2n) is 12.4. The summed E-state index contributed by atoms with van der Waals surface area (Å²) in [6.07, 6.45) is 0. The van der Waals surface area contributed by atoms with Crippen LogP contribution in [-0.4, -0.2) is 26.1 Å². The molecule has 172 valence electrons. The number of para-hydroxylation sites is 2. The van der Waals surface area contributed by atoms with E-state index in [2.05, 4.69) is 89.5 Å². The van der Waals surface area contributed by atoms with E-state index in [4.69, 9.17) is 14.4 Å². The van der Waals surface area contributed by atoms with Crippen LogP contribution < -0.4 is 10.4 Å². The molecule has 34 heavy (non-hydrogen) atoms. The van der Waals surface area contributed by atoms with Crippen molar-refractivity contribution >= 4 is 59.5 Å². The van der Waals surface area contributed by atoms with Gasteiger partial charge in [-0.1, -0.05) is 89.5 Å². The zero-order valence-electron chi connectivity index (χ0n) is 21.4. The molecule has 0 N–H and O–H groups in total. The van der Waals surface area contributed by atoms with Gasteiger partial charge in [-0.05, 0) is 28.1 Å². The summed E-state index contributed by atoms with van der Waals surface area (Å²) in [5, 5.41) is 5.29. The van der Waals surface area contributed by atoms with Crippen LogP contribution in [0, 0.1) is 0 Å². The molecular weight excluding hydrogens is 449 g/mol. The molecule has 1 aliphatic rings. The van der Waals surface area contributed by atoms with Gasteiger partial charge in [0, 0.05) is 21.8 Å². The second-order valence-corrected chi connectivity index (χ2v) is 22.4. The Labute approximate surface area is 203 Å². The largest absolute Gasteiger partial charge is 0.456 e. The minimum absolute atomic E-state index is 0.308. The van der Waals surface area contributed by atoms with E-state index in [-0.39, 0.29) is 5.41 Å². The molecule has 2 aromatic heterocycles. The van der Waals surface area contributed by atoms with Crippen molar-refractivity contribution in [3.05, 3.63) is 59.8 Å². The Kier molecular flexibility index (Phi) is 4.27. The van der Waals surface area contributed by atoms with Gasteiger partial charge < -0.3 is 4.42 Å². The van der Waals surface area contributed by atoms with Crippen LogP contribution in [0.5, 0.6) is 0 Å². The predicted octanol–water partition coefficient (Wildman–Crippen LogP) is 6.93. The van der Waals surface area contributed by atoms with E-state index in [1.54, 1.807) is 0 Å². The van der Waals surface area contributed by atoms with E-state index < -0.39 is 16.1 Å². The SMILES string of the molecule is CC1(C)c2nc3ccccc3nc2-c2ccc([Si](C)(C)C)c3oc4c([Si](C)(C)C)ccc1c4c23. The van der Waals surface area contributed by atoms with Crippen LogP contribution in [0.4, 0.5) is 0 Å². The van der Waals surface area contributed by atoms with Crippen molar-refractivity contribution in [3.63, 3.8) is 0 Å². The van der Waals surface area contributed by atoms with Crippen LogP contribution in [0.25, 0.3) is 44.2 Å². The van der Waals surface area contributed by atoms with Gasteiger partial charge in [-0.15, -0.1) is 0 Å². The van der Waals surface area contributed by atoms with Crippen molar-refractivity contribution in [1.82, 2.24) is 9.97 Å². The zero-order chi connectivity index (χ0) is 24.2. The minimum atomic E-state index is -1.65. The normalized spacial score (nSPS) is 15.3. The van der Waals surface area contributed by atoms with E-state index in [0.717, 1.165) is 39.2 Å². The van der Waals surface area contributed by atoms with Gasteiger partial charge >= 0.3 is 0 Å². The Balaban J connectivity index is 1.90. The Morgan fingerprint density at radius 3 is 1.85 bits per heavy atom. The molecule has 0 unspecified atom stereocenters. The molecule has 3 nitrogen and oxygen atoms in total. The summed E-state index contributed by atoms with van der Waals surface area (Å²) in [5.74, 6) is 0. The Hall–Kier alpha value is -2.77. The van der Waals surface area contributed by atoms with Crippen LogP contribution in [0.2, 0.25) is 39.3 Å². The molecule has 0 radical (unpaired) electrons. The molecule has 0 spiro atoms. The minimum Gasteiger partial charge on any atom is -0.456 e. The van der Waals surface area contributed by atoms with Crippen molar-refractivity contribution < 1.29 is 4.42 Å². The van der Waals surface area contributed by atoms with Gasteiger partial charge in [0.05, 0.1) is 38.6 Å². The standard InChI is InChI=1S/C29H32N2OSi2/c1-29(2)18-14-16-22(34(6,7)8)27-24(18)23-17(13-15-21(26(23)32-27)33(3,4)5)25-28(29)31-20-12-10-9-11-19(20)30-25/h9-16H,1-8H3. The fraction of sp³-hybridized carbons (Fsp3) is 0.310. The van der Waals surface area contributed by atoms with Crippen LogP contribution >= 0.6 is 0 Å². The third-order valence-corrected chi connectivity index (χ3v) is 11.5. The van der Waals surface area contributed by atoms with Gasteiger partial charge in [0.15, 0.2) is 0 Å². The molecule has 0 saturated heterocycles. The van der Waals surface area contributed by atoms with E-state index in [0.29, 0.717) is 0 Å². The molecule has 0 fully saturated rings. The number of hydrogen-bond acceptors (Lipinski definition) is 3. The fourth-order valence-corrected chi connectivity index (χ4v) is 8.51. The quantitative estimate of drug-likeness (QED) is 0.257. The highest BCUT2D eigenvalue weighted by Gasteiger charge is 2.39. The van der Waals surface area contributed by atoms with Crippen molar-refractivity contribution in [2.75, 3.05) is 0 Å². The van der Waals surface area contributed by atoms with Gasteiger partial charge in [-0.3, -0.25) is 0 Å². The number of fused-ring (bicyclic) bond motifs is 3. The van der Waals surface area contributed by atoms with E-state index >= 15 is 0 Å². The van der Waals surface area contributed by atoms with Gasteiger partial charge in [0.2, 0.25) is 0 Å². The molecule has 5 heteroatoms. The maximum absolute atomic E-state index is 6.94. The van der Waals surface area contributed by atoms with Crippen molar-refractivity contribution in [1.29, 1.82) is 0 Å². The number of rotatable bonds is 2. The molecule has 0 amide bonds. The van der Waals surface area contributed by atoms with E-state index in [1.165, 1.54) is 26.7 Å². The number of hydrogen-bond donors (Lipinski definition) is 0. The monoisotopic (exact) mass is 480 g/mol. The number of furan rings is 1. The summed E-state index contributed by atoms with van der Waals surface area (Å²) in [4.78, 5) is 10.5. The van der Waals surface area contributed by atoms with Gasteiger partial charge in [-0.25, -0.2) is 9.97 Å². The average molecular weight is 481 g/mol. The summed E-state index contributed by atoms with van der Waals surface area (Å²) in [7, 11) is -3.28. The maximum atomic E-state index is 6.94. The molecule has 5 aromatic rings. The molecule has 3 aromatic carbocycles. The molecule has 0 aliphatic heterocycles. The molecule has 0 saturated carbocycles. The van der Waals surface area contributed by atoms with Gasteiger partial charge in [0.1, 0.15) is 11.2 Å². The summed E-state index contributed by atoms with van der Waals surface area (Å²) >= 11 is 0. The Morgan fingerprint density at radius 1 is 0.676 bits per heavy atom. The van der Waals surface area contributed by atoms with E-state index in [9.17, 15) is 0 Å². The van der Waals surface area contributed by atoms with E-state index in [1.807, 2.05) is 12.1 Å². The molecule has 6 rings (SSSR count). The first-order valence-electron chi connectivity index (χ1n) is 12.2. The highest BCUT2D eigenvalue weighted by atomic mass is 28.3. The molecule has 0 atom stereocenters. The first kappa shape index (κ1) is 21.7. The highest BCUT2D eigenvalue weighted by molar-refractivity contribution is 6.91. The zero-order valence-corrected chi connectivity index (χ0v) is 23.4. The van der Waals surface area contributed by atoms with Crippen LogP contribution in [0.15, 0.2) is 52.9 Å². The predicted molar refractivity (Wildman–Crippen MR) is 150 cm³/mol. The molecular formula is C29H32N2OSi2. The van der Waals surface area contributed by atoms with Crippen molar-refractivity contribution in [3.8, 4) is 11.3 Å². The summed E-state index contributed by atoms with van der Waals surface area (Å²) < 4.78 is 6.94. The lowest BCUT2D eigenvalue weighted by Crippen LogP contribution is -2.38. The molecule has 2 heterocycles. The molecule has 0 bridgehead atoms.